The standard InChI is InChI=1S/C14H14N4OS/c1-18-6-2-3-10(18)8-16-13(19)9-4-5-11-12(7-9)20-14(15)17-11/h2-7H,8H2,1H3,(H2,15,17)(H,16,19). The number of benzene rings is 1. The van der Waals surface area contributed by atoms with Crippen LogP contribution >= 0.6 is 11.3 Å². The van der Waals surface area contributed by atoms with Crippen LogP contribution in [0.4, 0.5) is 5.13 Å². The van der Waals surface area contributed by atoms with E-state index in [-0.39, 0.29) is 5.91 Å². The molecule has 0 atom stereocenters. The van der Waals surface area contributed by atoms with Gasteiger partial charge in [-0.25, -0.2) is 4.98 Å². The Labute approximate surface area is 120 Å². The van der Waals surface area contributed by atoms with E-state index < -0.39 is 0 Å². The molecule has 0 aliphatic rings. The lowest BCUT2D eigenvalue weighted by atomic mass is 10.2. The van der Waals surface area contributed by atoms with Crippen LogP contribution in [-0.4, -0.2) is 15.5 Å². The summed E-state index contributed by atoms with van der Waals surface area (Å²) >= 11 is 1.38. The van der Waals surface area contributed by atoms with Crippen LogP contribution in [0.5, 0.6) is 0 Å². The van der Waals surface area contributed by atoms with E-state index >= 15 is 0 Å². The first-order valence-corrected chi connectivity index (χ1v) is 6.99. The smallest absolute Gasteiger partial charge is 0.251 e. The normalized spacial score (nSPS) is 10.8. The van der Waals surface area contributed by atoms with E-state index in [1.54, 1.807) is 6.07 Å². The van der Waals surface area contributed by atoms with Gasteiger partial charge in [0.25, 0.3) is 5.91 Å². The fourth-order valence-electron chi connectivity index (χ4n) is 2.04. The number of hydrogen-bond donors (Lipinski definition) is 2. The number of thiazole rings is 1. The molecular formula is C14H14N4OS. The number of hydrogen-bond acceptors (Lipinski definition) is 4. The SMILES string of the molecule is Cn1cccc1CNC(=O)c1ccc2nc(N)sc2c1. The van der Waals surface area contributed by atoms with Gasteiger partial charge in [0.2, 0.25) is 0 Å². The van der Waals surface area contributed by atoms with Gasteiger partial charge in [0, 0.05) is 24.5 Å². The van der Waals surface area contributed by atoms with Crippen molar-refractivity contribution in [1.29, 1.82) is 0 Å². The van der Waals surface area contributed by atoms with Crippen molar-refractivity contribution >= 4 is 32.6 Å². The molecule has 0 aliphatic carbocycles. The number of aromatic nitrogens is 2. The molecule has 5 nitrogen and oxygen atoms in total. The molecule has 6 heteroatoms. The van der Waals surface area contributed by atoms with Gasteiger partial charge in [-0.1, -0.05) is 11.3 Å². The maximum absolute atomic E-state index is 12.1. The Balaban J connectivity index is 1.76. The average Bonchev–Trinajstić information content (AvgIpc) is 2.99. The summed E-state index contributed by atoms with van der Waals surface area (Å²) in [4.78, 5) is 16.3. The van der Waals surface area contributed by atoms with Crippen LogP contribution in [0.1, 0.15) is 16.1 Å². The summed E-state index contributed by atoms with van der Waals surface area (Å²) in [6.07, 6.45) is 1.95. The monoisotopic (exact) mass is 286 g/mol. The highest BCUT2D eigenvalue weighted by Gasteiger charge is 2.09. The molecule has 0 radical (unpaired) electrons. The predicted molar refractivity (Wildman–Crippen MR) is 80.6 cm³/mol. The summed E-state index contributed by atoms with van der Waals surface area (Å²) in [6, 6.07) is 9.34. The number of nitrogens with zero attached hydrogens (tertiary/aromatic N) is 2. The van der Waals surface area contributed by atoms with E-state index in [1.807, 2.05) is 42.1 Å². The van der Waals surface area contributed by atoms with E-state index in [1.165, 1.54) is 11.3 Å². The molecule has 2 heterocycles. The molecule has 0 bridgehead atoms. The van der Waals surface area contributed by atoms with E-state index in [4.69, 9.17) is 5.73 Å². The third-order valence-corrected chi connectivity index (χ3v) is 4.00. The van der Waals surface area contributed by atoms with Gasteiger partial charge in [-0.3, -0.25) is 4.79 Å². The van der Waals surface area contributed by atoms with Crippen LogP contribution in [0.15, 0.2) is 36.5 Å². The molecule has 20 heavy (non-hydrogen) atoms. The van der Waals surface area contributed by atoms with Crippen molar-refractivity contribution in [3.05, 3.63) is 47.8 Å². The van der Waals surface area contributed by atoms with Crippen LogP contribution in [-0.2, 0) is 13.6 Å². The Hall–Kier alpha value is -2.34. The number of amides is 1. The first kappa shape index (κ1) is 12.7. The van der Waals surface area contributed by atoms with Crippen LogP contribution < -0.4 is 11.1 Å². The Morgan fingerprint density at radius 1 is 1.45 bits per heavy atom. The Kier molecular flexibility index (Phi) is 3.15. The highest BCUT2D eigenvalue weighted by molar-refractivity contribution is 7.22. The van der Waals surface area contributed by atoms with Gasteiger partial charge in [0.1, 0.15) is 0 Å². The molecule has 0 unspecified atom stereocenters. The lowest BCUT2D eigenvalue weighted by Crippen LogP contribution is -2.23. The lowest BCUT2D eigenvalue weighted by molar-refractivity contribution is 0.0950. The van der Waals surface area contributed by atoms with E-state index in [0.717, 1.165) is 15.9 Å². The number of aryl methyl sites for hydroxylation is 1. The molecule has 3 N–H and O–H groups in total. The van der Waals surface area contributed by atoms with E-state index in [2.05, 4.69) is 10.3 Å². The number of rotatable bonds is 3. The first-order chi connectivity index (χ1) is 9.63. The molecule has 0 fully saturated rings. The summed E-state index contributed by atoms with van der Waals surface area (Å²) in [5.41, 5.74) is 8.16. The third kappa shape index (κ3) is 2.37. The largest absolute Gasteiger partial charge is 0.375 e. The Bertz CT molecular complexity index is 774. The van der Waals surface area contributed by atoms with Crippen molar-refractivity contribution in [1.82, 2.24) is 14.9 Å². The summed E-state index contributed by atoms with van der Waals surface area (Å²) in [5, 5.41) is 3.42. The minimum Gasteiger partial charge on any atom is -0.375 e. The number of carbonyl (C=O) groups is 1. The van der Waals surface area contributed by atoms with Gasteiger partial charge in [-0.15, -0.1) is 0 Å². The number of carbonyl (C=O) groups excluding carboxylic acids is 1. The second kappa shape index (κ2) is 4.97. The van der Waals surface area contributed by atoms with Crippen LogP contribution in [0.2, 0.25) is 0 Å². The minimum atomic E-state index is -0.0972. The van der Waals surface area contributed by atoms with Gasteiger partial charge in [0.05, 0.1) is 16.8 Å². The molecule has 2 aromatic heterocycles. The lowest BCUT2D eigenvalue weighted by Gasteiger charge is -2.06. The van der Waals surface area contributed by atoms with Gasteiger partial charge in [0.15, 0.2) is 5.13 Å². The van der Waals surface area contributed by atoms with Crippen LogP contribution in [0, 0.1) is 0 Å². The molecule has 0 spiro atoms. The van der Waals surface area contributed by atoms with Gasteiger partial charge in [-0.2, -0.15) is 0 Å². The van der Waals surface area contributed by atoms with E-state index in [0.29, 0.717) is 17.2 Å². The summed E-state index contributed by atoms with van der Waals surface area (Å²) < 4.78 is 2.90. The fourth-order valence-corrected chi connectivity index (χ4v) is 2.81. The molecule has 102 valence electrons. The highest BCUT2D eigenvalue weighted by Crippen LogP contribution is 2.24. The molecule has 1 amide bonds. The van der Waals surface area contributed by atoms with Crippen molar-refractivity contribution in [3.8, 4) is 0 Å². The highest BCUT2D eigenvalue weighted by atomic mass is 32.1. The number of nitrogen functional groups attached to an aromatic ring is 1. The first-order valence-electron chi connectivity index (χ1n) is 6.18. The molecular weight excluding hydrogens is 272 g/mol. The third-order valence-electron chi connectivity index (χ3n) is 3.15. The molecule has 0 saturated heterocycles. The maximum Gasteiger partial charge on any atom is 0.251 e. The number of anilines is 1. The van der Waals surface area contributed by atoms with Crippen molar-refractivity contribution in [2.45, 2.75) is 6.54 Å². The number of nitrogens with two attached hydrogens (primary N) is 1. The molecule has 0 saturated carbocycles. The Morgan fingerprint density at radius 3 is 3.05 bits per heavy atom. The zero-order valence-electron chi connectivity index (χ0n) is 11.0. The quantitative estimate of drug-likeness (QED) is 0.775. The van der Waals surface area contributed by atoms with Crippen molar-refractivity contribution in [3.63, 3.8) is 0 Å². The number of nitrogens with one attached hydrogen (secondary N) is 1. The van der Waals surface area contributed by atoms with Gasteiger partial charge < -0.3 is 15.6 Å². The predicted octanol–water partition coefficient (Wildman–Crippen LogP) is 2.15. The van der Waals surface area contributed by atoms with Crippen LogP contribution in [0.25, 0.3) is 10.2 Å². The topological polar surface area (TPSA) is 72.9 Å². The second-order valence-electron chi connectivity index (χ2n) is 4.53. The van der Waals surface area contributed by atoms with Crippen molar-refractivity contribution in [2.24, 2.45) is 7.05 Å². The summed E-state index contributed by atoms with van der Waals surface area (Å²) in [5.74, 6) is -0.0972. The summed E-state index contributed by atoms with van der Waals surface area (Å²) in [7, 11) is 1.95. The van der Waals surface area contributed by atoms with Gasteiger partial charge >= 0.3 is 0 Å². The summed E-state index contributed by atoms with van der Waals surface area (Å²) in [6.45, 7) is 0.505. The van der Waals surface area contributed by atoms with Crippen molar-refractivity contribution in [2.75, 3.05) is 5.73 Å². The second-order valence-corrected chi connectivity index (χ2v) is 5.59. The number of fused-ring (bicyclic) bond motifs is 1. The van der Waals surface area contributed by atoms with Gasteiger partial charge in [-0.05, 0) is 30.3 Å². The zero-order chi connectivity index (χ0) is 14.1. The zero-order valence-corrected chi connectivity index (χ0v) is 11.8. The van der Waals surface area contributed by atoms with E-state index in [9.17, 15) is 4.79 Å². The van der Waals surface area contributed by atoms with Crippen LogP contribution in [0.3, 0.4) is 0 Å². The average molecular weight is 286 g/mol. The minimum absolute atomic E-state index is 0.0972. The molecule has 1 aromatic carbocycles. The Morgan fingerprint density at radius 2 is 2.30 bits per heavy atom. The molecule has 0 aliphatic heterocycles. The maximum atomic E-state index is 12.1. The molecule has 3 rings (SSSR count). The molecule has 3 aromatic rings. The van der Waals surface area contributed by atoms with Crippen molar-refractivity contribution < 1.29 is 4.79 Å². The fraction of sp³-hybridized carbons (Fsp3) is 0.143.